The summed E-state index contributed by atoms with van der Waals surface area (Å²) in [4.78, 5) is 23.2. The standard InChI is InChI=1S/C13H14BrNO3/c1-7-4-5-8(2)11(13(17)18)10(7)12(16)15-6-9(3)14/h4-5H,3,6H2,1-2H3,(H,15,16)(H,17,18). The van der Waals surface area contributed by atoms with E-state index in [1.54, 1.807) is 26.0 Å². The summed E-state index contributed by atoms with van der Waals surface area (Å²) in [6.45, 7) is 7.24. The molecule has 0 spiro atoms. The minimum Gasteiger partial charge on any atom is -0.478 e. The molecule has 0 aliphatic heterocycles. The number of aryl methyl sites for hydroxylation is 2. The smallest absolute Gasteiger partial charge is 0.336 e. The predicted octanol–water partition coefficient (Wildman–Crippen LogP) is 2.64. The van der Waals surface area contributed by atoms with Crippen molar-refractivity contribution in [2.75, 3.05) is 6.54 Å². The van der Waals surface area contributed by atoms with E-state index >= 15 is 0 Å². The lowest BCUT2D eigenvalue weighted by Crippen LogP contribution is -2.27. The number of aromatic carboxylic acids is 1. The molecule has 0 unspecified atom stereocenters. The van der Waals surface area contributed by atoms with Crippen molar-refractivity contribution >= 4 is 27.8 Å². The lowest BCUT2D eigenvalue weighted by Gasteiger charge is -2.12. The van der Waals surface area contributed by atoms with Crippen molar-refractivity contribution in [2.45, 2.75) is 13.8 Å². The summed E-state index contributed by atoms with van der Waals surface area (Å²) in [6, 6.07) is 3.43. The van der Waals surface area contributed by atoms with E-state index in [4.69, 9.17) is 0 Å². The molecule has 18 heavy (non-hydrogen) atoms. The van der Waals surface area contributed by atoms with E-state index in [1.165, 1.54) is 0 Å². The molecule has 96 valence electrons. The number of carboxylic acids is 1. The van der Waals surface area contributed by atoms with E-state index in [9.17, 15) is 14.7 Å². The molecular formula is C13H14BrNO3. The summed E-state index contributed by atoms with van der Waals surface area (Å²) in [7, 11) is 0. The van der Waals surface area contributed by atoms with Gasteiger partial charge in [0.15, 0.2) is 0 Å². The fourth-order valence-electron chi connectivity index (χ4n) is 1.64. The minimum absolute atomic E-state index is 0.0488. The Morgan fingerprint density at radius 2 is 1.78 bits per heavy atom. The van der Waals surface area contributed by atoms with Crippen molar-refractivity contribution in [1.29, 1.82) is 0 Å². The van der Waals surface area contributed by atoms with Gasteiger partial charge < -0.3 is 10.4 Å². The maximum Gasteiger partial charge on any atom is 0.336 e. The van der Waals surface area contributed by atoms with Gasteiger partial charge in [-0.25, -0.2) is 4.79 Å². The average molecular weight is 312 g/mol. The van der Waals surface area contributed by atoms with Gasteiger partial charge >= 0.3 is 5.97 Å². The quantitative estimate of drug-likeness (QED) is 0.898. The topological polar surface area (TPSA) is 66.4 Å². The molecule has 1 amide bonds. The number of hydrogen-bond donors (Lipinski definition) is 2. The fourth-order valence-corrected chi connectivity index (χ4v) is 1.78. The first kappa shape index (κ1) is 14.4. The molecular weight excluding hydrogens is 298 g/mol. The zero-order valence-electron chi connectivity index (χ0n) is 10.2. The maximum absolute atomic E-state index is 12.0. The third-order valence-electron chi connectivity index (χ3n) is 2.50. The molecule has 1 aromatic carbocycles. The molecule has 0 fully saturated rings. The zero-order valence-corrected chi connectivity index (χ0v) is 11.8. The van der Waals surface area contributed by atoms with Crippen molar-refractivity contribution in [2.24, 2.45) is 0 Å². The zero-order chi connectivity index (χ0) is 13.9. The van der Waals surface area contributed by atoms with Gasteiger partial charge in [0.1, 0.15) is 0 Å². The first-order chi connectivity index (χ1) is 8.34. The van der Waals surface area contributed by atoms with Crippen LogP contribution in [0.3, 0.4) is 0 Å². The average Bonchev–Trinajstić information content (AvgIpc) is 2.28. The Morgan fingerprint density at radius 3 is 2.22 bits per heavy atom. The summed E-state index contributed by atoms with van der Waals surface area (Å²) in [5.74, 6) is -1.51. The predicted molar refractivity (Wildman–Crippen MR) is 73.3 cm³/mol. The van der Waals surface area contributed by atoms with Gasteiger partial charge in [-0.3, -0.25) is 4.79 Å². The number of benzene rings is 1. The van der Waals surface area contributed by atoms with Crippen molar-refractivity contribution in [1.82, 2.24) is 5.32 Å². The van der Waals surface area contributed by atoms with Gasteiger partial charge in [-0.2, -0.15) is 0 Å². The summed E-state index contributed by atoms with van der Waals surface area (Å²) >= 11 is 3.13. The number of carboxylic acid groups (broad SMARTS) is 1. The van der Waals surface area contributed by atoms with Gasteiger partial charge in [-0.05, 0) is 25.0 Å². The van der Waals surface area contributed by atoms with E-state index in [2.05, 4.69) is 27.8 Å². The summed E-state index contributed by atoms with van der Waals surface area (Å²) in [5, 5.41) is 11.8. The highest BCUT2D eigenvalue weighted by atomic mass is 79.9. The molecule has 4 nitrogen and oxygen atoms in total. The number of carbonyl (C=O) groups is 2. The Bertz CT molecular complexity index is 523. The Hall–Kier alpha value is -1.62. The van der Waals surface area contributed by atoms with Crippen molar-refractivity contribution in [3.8, 4) is 0 Å². The molecule has 0 radical (unpaired) electrons. The van der Waals surface area contributed by atoms with Crippen LogP contribution in [0.15, 0.2) is 23.2 Å². The van der Waals surface area contributed by atoms with Crippen LogP contribution in [0.1, 0.15) is 31.8 Å². The third kappa shape index (κ3) is 3.20. The van der Waals surface area contributed by atoms with Crippen LogP contribution in [0.25, 0.3) is 0 Å². The lowest BCUT2D eigenvalue weighted by atomic mass is 9.96. The second-order valence-electron chi connectivity index (χ2n) is 3.95. The van der Waals surface area contributed by atoms with Gasteiger partial charge in [-0.1, -0.05) is 34.6 Å². The Morgan fingerprint density at radius 1 is 1.28 bits per heavy atom. The number of amides is 1. The molecule has 0 aliphatic rings. The van der Waals surface area contributed by atoms with Gasteiger partial charge in [0.25, 0.3) is 5.91 Å². The van der Waals surface area contributed by atoms with Crippen molar-refractivity contribution in [3.63, 3.8) is 0 Å². The first-order valence-electron chi connectivity index (χ1n) is 5.29. The highest BCUT2D eigenvalue weighted by molar-refractivity contribution is 9.11. The highest BCUT2D eigenvalue weighted by Gasteiger charge is 2.20. The number of halogens is 1. The lowest BCUT2D eigenvalue weighted by molar-refractivity contribution is 0.0690. The Kier molecular flexibility index (Phi) is 4.67. The maximum atomic E-state index is 12.0. The van der Waals surface area contributed by atoms with Crippen LogP contribution in [0, 0.1) is 13.8 Å². The molecule has 0 heterocycles. The molecule has 0 aliphatic carbocycles. The number of rotatable bonds is 4. The summed E-state index contributed by atoms with van der Waals surface area (Å²) in [6.07, 6.45) is 0. The van der Waals surface area contributed by atoms with E-state index in [-0.39, 0.29) is 17.7 Å². The van der Waals surface area contributed by atoms with Crippen LogP contribution in [-0.2, 0) is 0 Å². The van der Waals surface area contributed by atoms with Crippen LogP contribution in [-0.4, -0.2) is 23.5 Å². The molecule has 5 heteroatoms. The van der Waals surface area contributed by atoms with E-state index < -0.39 is 11.9 Å². The van der Waals surface area contributed by atoms with Crippen molar-refractivity contribution in [3.05, 3.63) is 45.4 Å². The molecule has 1 rings (SSSR count). The number of hydrogen-bond acceptors (Lipinski definition) is 2. The summed E-state index contributed by atoms with van der Waals surface area (Å²) in [5.41, 5.74) is 1.45. The Balaban J connectivity index is 3.21. The second-order valence-corrected chi connectivity index (χ2v) is 5.08. The number of carbonyl (C=O) groups excluding carboxylic acids is 1. The molecule has 0 bridgehead atoms. The van der Waals surface area contributed by atoms with E-state index in [1.807, 2.05) is 0 Å². The molecule has 0 saturated heterocycles. The van der Waals surface area contributed by atoms with Gasteiger partial charge in [-0.15, -0.1) is 0 Å². The van der Waals surface area contributed by atoms with Crippen LogP contribution in [0.2, 0.25) is 0 Å². The largest absolute Gasteiger partial charge is 0.478 e. The third-order valence-corrected chi connectivity index (χ3v) is 2.78. The fraction of sp³-hybridized carbons (Fsp3) is 0.231. The molecule has 0 saturated carbocycles. The highest BCUT2D eigenvalue weighted by Crippen LogP contribution is 2.19. The molecule has 0 atom stereocenters. The monoisotopic (exact) mass is 311 g/mol. The first-order valence-corrected chi connectivity index (χ1v) is 6.09. The second kappa shape index (κ2) is 5.82. The molecule has 2 N–H and O–H groups in total. The van der Waals surface area contributed by atoms with E-state index in [0.717, 1.165) is 0 Å². The van der Waals surface area contributed by atoms with Crippen LogP contribution >= 0.6 is 15.9 Å². The SMILES string of the molecule is C=C(Br)CNC(=O)c1c(C)ccc(C)c1C(=O)O. The van der Waals surface area contributed by atoms with Crippen LogP contribution in [0.4, 0.5) is 0 Å². The molecule has 0 aromatic heterocycles. The van der Waals surface area contributed by atoms with Gasteiger partial charge in [0.05, 0.1) is 11.1 Å². The normalized spacial score (nSPS) is 9.94. The molecule has 1 aromatic rings. The Labute approximate surface area is 114 Å². The minimum atomic E-state index is -1.10. The van der Waals surface area contributed by atoms with Crippen LogP contribution in [0.5, 0.6) is 0 Å². The van der Waals surface area contributed by atoms with E-state index in [0.29, 0.717) is 15.6 Å². The summed E-state index contributed by atoms with van der Waals surface area (Å²) < 4.78 is 0.623. The van der Waals surface area contributed by atoms with Crippen LogP contribution < -0.4 is 5.32 Å². The van der Waals surface area contributed by atoms with Gasteiger partial charge in [0.2, 0.25) is 0 Å². The van der Waals surface area contributed by atoms with Gasteiger partial charge in [0, 0.05) is 11.0 Å². The number of nitrogens with one attached hydrogen (secondary N) is 1. The van der Waals surface area contributed by atoms with Crippen molar-refractivity contribution < 1.29 is 14.7 Å².